The smallest absolute Gasteiger partial charge is 0.269 e. The molecule has 11 rings (SSSR count). The maximum absolute atomic E-state index is 7.40. The number of fused-ring (bicyclic) bond motifs is 10. The first-order chi connectivity index (χ1) is 29.2. The average Bonchev–Trinajstić information content (AvgIpc) is 3.81. The molecule has 2 aliphatic heterocycles. The van der Waals surface area contributed by atoms with Crippen LogP contribution in [0.5, 0.6) is 11.5 Å². The Balaban J connectivity index is 1.25. The minimum absolute atomic E-state index is 0.000900. The molecule has 61 heavy (non-hydrogen) atoms. The highest BCUT2D eigenvalue weighted by atomic mass is 32.1. The SMILES string of the molecule is Cc1ccc(N(c2ccc(C)cc2)c2cc3c(c4sc5ccccc5c24)Oc2cc(C)cc4c2B3c2sc3ccc(C(C)(C)C)cc3c2N4c2ccc(C(C)(C)C)cc2)cc1. The zero-order chi connectivity index (χ0) is 42.1. The van der Waals surface area contributed by atoms with E-state index in [0.29, 0.717) is 0 Å². The Hall–Kier alpha value is -5.82. The second-order valence-electron chi connectivity index (χ2n) is 19.3. The van der Waals surface area contributed by atoms with Gasteiger partial charge in [0.25, 0.3) is 6.71 Å². The van der Waals surface area contributed by atoms with Crippen LogP contribution in [0, 0.1) is 20.8 Å². The summed E-state index contributed by atoms with van der Waals surface area (Å²) in [5.41, 5.74) is 15.9. The van der Waals surface area contributed by atoms with Crippen molar-refractivity contribution in [3.8, 4) is 11.5 Å². The van der Waals surface area contributed by atoms with Gasteiger partial charge < -0.3 is 14.5 Å². The first-order valence-corrected chi connectivity index (χ1v) is 23.1. The highest BCUT2D eigenvalue weighted by Crippen LogP contribution is 2.52. The summed E-state index contributed by atoms with van der Waals surface area (Å²) >= 11 is 3.79. The Morgan fingerprint density at radius 2 is 1.21 bits per heavy atom. The number of hydrogen-bond donors (Lipinski definition) is 0. The fourth-order valence-corrected chi connectivity index (χ4v) is 12.0. The van der Waals surface area contributed by atoms with Crippen LogP contribution in [0.25, 0.3) is 30.3 Å². The van der Waals surface area contributed by atoms with Crippen molar-refractivity contribution in [3.05, 3.63) is 161 Å². The zero-order valence-electron chi connectivity index (χ0n) is 36.4. The summed E-state index contributed by atoms with van der Waals surface area (Å²) in [6.07, 6.45) is 0. The molecule has 3 nitrogen and oxygen atoms in total. The van der Waals surface area contributed by atoms with E-state index in [-0.39, 0.29) is 17.5 Å². The summed E-state index contributed by atoms with van der Waals surface area (Å²) in [6, 6.07) is 50.5. The molecule has 0 fully saturated rings. The number of anilines is 6. The topological polar surface area (TPSA) is 15.7 Å². The molecule has 2 aromatic heterocycles. The lowest BCUT2D eigenvalue weighted by atomic mass is 9.37. The third kappa shape index (κ3) is 6.05. The summed E-state index contributed by atoms with van der Waals surface area (Å²) in [4.78, 5) is 5.02. The summed E-state index contributed by atoms with van der Waals surface area (Å²) < 4.78 is 12.5. The van der Waals surface area contributed by atoms with Gasteiger partial charge >= 0.3 is 0 Å². The van der Waals surface area contributed by atoms with E-state index in [9.17, 15) is 0 Å². The number of ether oxygens (including phenoxy) is 1. The van der Waals surface area contributed by atoms with Gasteiger partial charge in [0, 0.05) is 53.1 Å². The van der Waals surface area contributed by atoms with Crippen LogP contribution in [-0.2, 0) is 10.8 Å². The van der Waals surface area contributed by atoms with Crippen LogP contribution in [0.1, 0.15) is 69.4 Å². The number of aryl methyl sites for hydroxylation is 3. The Bertz CT molecular complexity index is 3170. The van der Waals surface area contributed by atoms with Crippen molar-refractivity contribution in [2.45, 2.75) is 73.1 Å². The van der Waals surface area contributed by atoms with Crippen LogP contribution >= 0.6 is 22.7 Å². The minimum Gasteiger partial charge on any atom is -0.457 e. The van der Waals surface area contributed by atoms with Gasteiger partial charge in [-0.3, -0.25) is 0 Å². The lowest BCUT2D eigenvalue weighted by Crippen LogP contribution is -2.58. The van der Waals surface area contributed by atoms with E-state index in [1.165, 1.54) is 85.2 Å². The standard InChI is InChI=1S/C55H49BN2OS2/c1-32-14-21-37(22-15-32)57(38-23-16-33(2)17-24-38)43-31-42-51(52-48(43)40-12-10-11-13-46(40)60-52)59-45-29-34(3)28-44-49(45)56(42)53-50(41-30-36(55(7,8)9)20-27-47(41)61-53)58(44)39-25-18-35(19-26-39)54(4,5)6/h10-31H,1-9H3. The first kappa shape index (κ1) is 38.1. The van der Waals surface area contributed by atoms with Gasteiger partial charge in [0.1, 0.15) is 11.5 Å². The van der Waals surface area contributed by atoms with Crippen molar-refractivity contribution in [2.75, 3.05) is 9.80 Å². The van der Waals surface area contributed by atoms with Crippen molar-refractivity contribution in [2.24, 2.45) is 0 Å². The van der Waals surface area contributed by atoms with Gasteiger partial charge in [-0.1, -0.05) is 113 Å². The van der Waals surface area contributed by atoms with Crippen molar-refractivity contribution < 1.29 is 4.74 Å². The Morgan fingerprint density at radius 1 is 0.590 bits per heavy atom. The molecule has 6 heteroatoms. The predicted molar refractivity (Wildman–Crippen MR) is 267 cm³/mol. The molecule has 0 atom stereocenters. The molecule has 0 radical (unpaired) electrons. The minimum atomic E-state index is -0.0452. The maximum atomic E-state index is 7.40. The summed E-state index contributed by atoms with van der Waals surface area (Å²) in [7, 11) is 0. The molecule has 0 aliphatic carbocycles. The molecule has 0 amide bonds. The Morgan fingerprint density at radius 3 is 1.87 bits per heavy atom. The molecular weight excluding hydrogens is 780 g/mol. The van der Waals surface area contributed by atoms with E-state index in [0.717, 1.165) is 34.2 Å². The van der Waals surface area contributed by atoms with Crippen molar-refractivity contribution in [1.82, 2.24) is 0 Å². The molecule has 0 unspecified atom stereocenters. The molecule has 0 saturated heterocycles. The summed E-state index contributed by atoms with van der Waals surface area (Å²) in [5, 5.41) is 3.77. The number of thiophene rings is 2. The predicted octanol–water partition coefficient (Wildman–Crippen LogP) is 14.7. The lowest BCUT2D eigenvalue weighted by Gasteiger charge is -2.39. The van der Waals surface area contributed by atoms with E-state index in [1.54, 1.807) is 0 Å². The third-order valence-electron chi connectivity index (χ3n) is 12.8. The van der Waals surface area contributed by atoms with E-state index >= 15 is 0 Å². The van der Waals surface area contributed by atoms with Gasteiger partial charge in [0.05, 0.1) is 16.1 Å². The molecule has 2 aliphatic rings. The van der Waals surface area contributed by atoms with Crippen LogP contribution < -0.4 is 30.2 Å². The van der Waals surface area contributed by atoms with Crippen LogP contribution in [0.2, 0.25) is 0 Å². The molecule has 0 N–H and O–H groups in total. The lowest BCUT2D eigenvalue weighted by molar-refractivity contribution is 0.493. The fourth-order valence-electron chi connectivity index (χ4n) is 9.53. The van der Waals surface area contributed by atoms with Crippen LogP contribution in [0.4, 0.5) is 34.1 Å². The monoisotopic (exact) mass is 828 g/mol. The molecule has 4 heterocycles. The van der Waals surface area contributed by atoms with E-state index in [1.807, 2.05) is 22.7 Å². The van der Waals surface area contributed by atoms with Crippen LogP contribution in [0.15, 0.2) is 133 Å². The molecule has 0 saturated carbocycles. The second kappa shape index (κ2) is 13.6. The number of hydrogen-bond acceptors (Lipinski definition) is 5. The molecule has 9 aromatic rings. The largest absolute Gasteiger partial charge is 0.457 e. The van der Waals surface area contributed by atoms with E-state index in [2.05, 4.69) is 206 Å². The molecule has 7 aromatic carbocycles. The van der Waals surface area contributed by atoms with Gasteiger partial charge in [0.2, 0.25) is 0 Å². The quantitative estimate of drug-likeness (QED) is 0.164. The van der Waals surface area contributed by atoms with Gasteiger partial charge in [0.15, 0.2) is 0 Å². The summed E-state index contributed by atoms with van der Waals surface area (Å²) in [5.74, 6) is 1.92. The van der Waals surface area contributed by atoms with Gasteiger partial charge in [-0.25, -0.2) is 0 Å². The highest BCUT2D eigenvalue weighted by Gasteiger charge is 2.46. The van der Waals surface area contributed by atoms with Crippen molar-refractivity contribution in [1.29, 1.82) is 0 Å². The number of nitrogens with zero attached hydrogens (tertiary/aromatic N) is 2. The van der Waals surface area contributed by atoms with Gasteiger partial charge in [-0.2, -0.15) is 0 Å². The van der Waals surface area contributed by atoms with Crippen LogP contribution in [0.3, 0.4) is 0 Å². The average molecular weight is 829 g/mol. The van der Waals surface area contributed by atoms with Gasteiger partial charge in [-0.05, 0) is 132 Å². The second-order valence-corrected chi connectivity index (χ2v) is 21.4. The normalized spacial score (nSPS) is 13.4. The van der Waals surface area contributed by atoms with E-state index in [4.69, 9.17) is 4.74 Å². The maximum Gasteiger partial charge on any atom is 0.269 e. The number of benzene rings is 7. The molecule has 300 valence electrons. The van der Waals surface area contributed by atoms with Gasteiger partial charge in [-0.15, -0.1) is 22.7 Å². The Kier molecular flexibility index (Phi) is 8.50. The number of rotatable bonds is 4. The first-order valence-electron chi connectivity index (χ1n) is 21.4. The molecule has 0 spiro atoms. The van der Waals surface area contributed by atoms with Crippen molar-refractivity contribution >= 4 is 109 Å². The third-order valence-corrected chi connectivity index (χ3v) is 15.2. The van der Waals surface area contributed by atoms with Crippen LogP contribution in [-0.4, -0.2) is 6.71 Å². The molecule has 0 bridgehead atoms. The highest BCUT2D eigenvalue weighted by molar-refractivity contribution is 7.34. The Labute approximate surface area is 368 Å². The summed E-state index contributed by atoms with van der Waals surface area (Å²) in [6.45, 7) is 20.3. The fraction of sp³-hybridized carbons (Fsp3) is 0.200. The zero-order valence-corrected chi connectivity index (χ0v) is 38.0. The molecular formula is C55H49BN2OS2. The van der Waals surface area contributed by atoms with Crippen molar-refractivity contribution in [3.63, 3.8) is 0 Å². The van der Waals surface area contributed by atoms with E-state index < -0.39 is 0 Å².